The number of hydrogen-bond acceptors (Lipinski definition) is 6. The normalized spacial score (nSPS) is 19.4. The standard InChI is InChI=1S/C10H12N4S2/c11-9-13-10(16-14-9)12-7-2-1-3-8-6(7)4-5-15-8/h4-5,7H,1-3H2,(H3,11,12,13,14). The maximum Gasteiger partial charge on any atom is 0.233 e. The molecular weight excluding hydrogens is 240 g/mol. The maximum absolute atomic E-state index is 5.51. The van der Waals surface area contributed by atoms with Crippen molar-refractivity contribution in [2.45, 2.75) is 25.3 Å². The summed E-state index contributed by atoms with van der Waals surface area (Å²) in [5.74, 6) is 0.355. The van der Waals surface area contributed by atoms with E-state index in [1.54, 1.807) is 0 Å². The van der Waals surface area contributed by atoms with Crippen molar-refractivity contribution < 1.29 is 0 Å². The Labute approximate surface area is 102 Å². The van der Waals surface area contributed by atoms with Crippen molar-refractivity contribution in [1.82, 2.24) is 9.36 Å². The lowest BCUT2D eigenvalue weighted by atomic mass is 9.94. The van der Waals surface area contributed by atoms with Gasteiger partial charge in [-0.1, -0.05) is 0 Å². The largest absolute Gasteiger partial charge is 0.367 e. The topological polar surface area (TPSA) is 63.8 Å². The van der Waals surface area contributed by atoms with Gasteiger partial charge in [0.25, 0.3) is 0 Å². The third-order valence-corrected chi connectivity index (χ3v) is 4.45. The highest BCUT2D eigenvalue weighted by Gasteiger charge is 2.21. The van der Waals surface area contributed by atoms with Gasteiger partial charge in [0.15, 0.2) is 0 Å². The Balaban J connectivity index is 1.82. The van der Waals surface area contributed by atoms with Crippen molar-refractivity contribution in [3.05, 3.63) is 21.9 Å². The summed E-state index contributed by atoms with van der Waals surface area (Å²) in [7, 11) is 0. The molecule has 0 radical (unpaired) electrons. The number of fused-ring (bicyclic) bond motifs is 1. The van der Waals surface area contributed by atoms with Gasteiger partial charge in [-0.3, -0.25) is 0 Å². The van der Waals surface area contributed by atoms with Crippen LogP contribution in [0.3, 0.4) is 0 Å². The second-order valence-electron chi connectivity index (χ2n) is 3.85. The second-order valence-corrected chi connectivity index (χ2v) is 5.60. The van der Waals surface area contributed by atoms with Gasteiger partial charge in [0.2, 0.25) is 11.1 Å². The van der Waals surface area contributed by atoms with Crippen LogP contribution in [0.15, 0.2) is 11.4 Å². The first kappa shape index (κ1) is 10.0. The van der Waals surface area contributed by atoms with E-state index in [9.17, 15) is 0 Å². The van der Waals surface area contributed by atoms with E-state index in [0.717, 1.165) is 11.6 Å². The van der Waals surface area contributed by atoms with Crippen molar-refractivity contribution in [1.29, 1.82) is 0 Å². The van der Waals surface area contributed by atoms with Crippen LogP contribution < -0.4 is 11.1 Å². The number of nitrogens with two attached hydrogens (primary N) is 1. The molecule has 0 saturated heterocycles. The summed E-state index contributed by atoms with van der Waals surface area (Å²) in [6, 6.07) is 2.59. The zero-order chi connectivity index (χ0) is 11.0. The molecule has 1 atom stereocenters. The lowest BCUT2D eigenvalue weighted by Gasteiger charge is -2.22. The van der Waals surface area contributed by atoms with Crippen LogP contribution in [0.5, 0.6) is 0 Å². The summed E-state index contributed by atoms with van der Waals surface area (Å²) in [5.41, 5.74) is 6.93. The summed E-state index contributed by atoms with van der Waals surface area (Å²) < 4.78 is 3.97. The summed E-state index contributed by atoms with van der Waals surface area (Å²) >= 11 is 3.17. The number of aromatic nitrogens is 2. The van der Waals surface area contributed by atoms with Crippen LogP contribution in [0.1, 0.15) is 29.3 Å². The molecule has 2 heterocycles. The van der Waals surface area contributed by atoms with Crippen molar-refractivity contribution in [3.8, 4) is 0 Å². The Morgan fingerprint density at radius 1 is 1.50 bits per heavy atom. The molecule has 0 saturated carbocycles. The molecule has 3 N–H and O–H groups in total. The van der Waals surface area contributed by atoms with Crippen LogP contribution in [0.25, 0.3) is 0 Å². The van der Waals surface area contributed by atoms with Crippen LogP contribution in [-0.2, 0) is 6.42 Å². The van der Waals surface area contributed by atoms with E-state index in [0.29, 0.717) is 12.0 Å². The smallest absolute Gasteiger partial charge is 0.233 e. The summed E-state index contributed by atoms with van der Waals surface area (Å²) in [6.07, 6.45) is 3.60. The molecule has 1 aliphatic carbocycles. The quantitative estimate of drug-likeness (QED) is 0.862. The highest BCUT2D eigenvalue weighted by Crippen LogP contribution is 2.35. The first-order chi connectivity index (χ1) is 7.83. The number of rotatable bonds is 2. The molecule has 2 aromatic heterocycles. The summed E-state index contributed by atoms with van der Waals surface area (Å²) in [4.78, 5) is 5.64. The first-order valence-corrected chi connectivity index (χ1v) is 6.90. The van der Waals surface area contributed by atoms with Crippen molar-refractivity contribution in [3.63, 3.8) is 0 Å². The predicted octanol–water partition coefficient (Wildman–Crippen LogP) is 2.67. The Kier molecular flexibility index (Phi) is 2.53. The van der Waals surface area contributed by atoms with Gasteiger partial charge in [-0.15, -0.1) is 11.3 Å². The molecule has 0 spiro atoms. The average Bonchev–Trinajstić information content (AvgIpc) is 2.87. The third kappa shape index (κ3) is 1.78. The third-order valence-electron chi connectivity index (χ3n) is 2.79. The van der Waals surface area contributed by atoms with E-state index in [4.69, 9.17) is 5.73 Å². The van der Waals surface area contributed by atoms with E-state index in [1.807, 2.05) is 11.3 Å². The maximum atomic E-state index is 5.51. The van der Waals surface area contributed by atoms with E-state index < -0.39 is 0 Å². The molecule has 3 rings (SSSR count). The zero-order valence-electron chi connectivity index (χ0n) is 8.64. The van der Waals surface area contributed by atoms with Gasteiger partial charge >= 0.3 is 0 Å². The molecule has 1 aliphatic rings. The van der Waals surface area contributed by atoms with Gasteiger partial charge in [-0.25, -0.2) is 0 Å². The molecule has 2 aromatic rings. The molecule has 16 heavy (non-hydrogen) atoms. The fourth-order valence-corrected chi connectivity index (χ4v) is 3.62. The monoisotopic (exact) mass is 252 g/mol. The Morgan fingerprint density at radius 3 is 3.25 bits per heavy atom. The number of anilines is 2. The molecule has 0 amide bonds. The van der Waals surface area contributed by atoms with Gasteiger partial charge in [0.1, 0.15) is 0 Å². The molecule has 0 bridgehead atoms. The van der Waals surface area contributed by atoms with Crippen LogP contribution >= 0.6 is 22.9 Å². The molecule has 1 unspecified atom stereocenters. The minimum absolute atomic E-state index is 0.355. The van der Waals surface area contributed by atoms with Gasteiger partial charge < -0.3 is 11.1 Å². The SMILES string of the molecule is Nc1nsc(NC2CCCc3sccc32)n1. The van der Waals surface area contributed by atoms with E-state index >= 15 is 0 Å². The Morgan fingerprint density at radius 2 is 2.44 bits per heavy atom. The lowest BCUT2D eigenvalue weighted by Crippen LogP contribution is -2.15. The average molecular weight is 252 g/mol. The molecule has 0 aromatic carbocycles. The zero-order valence-corrected chi connectivity index (χ0v) is 10.3. The lowest BCUT2D eigenvalue weighted by molar-refractivity contribution is 0.608. The fourth-order valence-electron chi connectivity index (χ4n) is 2.08. The number of nitrogens with zero attached hydrogens (tertiary/aromatic N) is 2. The molecule has 4 nitrogen and oxygen atoms in total. The second kappa shape index (κ2) is 4.03. The summed E-state index contributed by atoms with van der Waals surface area (Å²) in [5, 5.41) is 6.40. The number of nitrogen functional groups attached to an aromatic ring is 1. The molecule has 0 aliphatic heterocycles. The molecule has 6 heteroatoms. The predicted molar refractivity (Wildman–Crippen MR) is 67.9 cm³/mol. The highest BCUT2D eigenvalue weighted by molar-refractivity contribution is 7.10. The minimum atomic E-state index is 0.355. The van der Waals surface area contributed by atoms with Crippen LogP contribution in [0, 0.1) is 0 Å². The number of thiophene rings is 1. The van der Waals surface area contributed by atoms with Gasteiger partial charge in [-0.2, -0.15) is 9.36 Å². The van der Waals surface area contributed by atoms with Gasteiger partial charge in [0, 0.05) is 16.4 Å². The van der Waals surface area contributed by atoms with E-state index in [1.165, 1.54) is 34.8 Å². The van der Waals surface area contributed by atoms with Crippen LogP contribution in [0.2, 0.25) is 0 Å². The van der Waals surface area contributed by atoms with E-state index in [-0.39, 0.29) is 0 Å². The first-order valence-electron chi connectivity index (χ1n) is 5.25. The summed E-state index contributed by atoms with van der Waals surface area (Å²) in [6.45, 7) is 0. The Bertz CT molecular complexity index is 490. The molecular formula is C10H12N4S2. The van der Waals surface area contributed by atoms with Crippen molar-refractivity contribution in [2.75, 3.05) is 11.1 Å². The molecule has 84 valence electrons. The Hall–Kier alpha value is -1.14. The number of hydrogen-bond donors (Lipinski definition) is 2. The molecule has 0 fully saturated rings. The fraction of sp³-hybridized carbons (Fsp3) is 0.400. The highest BCUT2D eigenvalue weighted by atomic mass is 32.1. The van der Waals surface area contributed by atoms with E-state index in [2.05, 4.69) is 26.1 Å². The van der Waals surface area contributed by atoms with Crippen molar-refractivity contribution in [2.24, 2.45) is 0 Å². The van der Waals surface area contributed by atoms with Crippen LogP contribution in [-0.4, -0.2) is 9.36 Å². The van der Waals surface area contributed by atoms with Crippen molar-refractivity contribution >= 4 is 33.9 Å². The van der Waals surface area contributed by atoms with Gasteiger partial charge in [-0.05, 0) is 36.3 Å². The van der Waals surface area contributed by atoms with Gasteiger partial charge in [0.05, 0.1) is 6.04 Å². The number of aryl methyl sites for hydroxylation is 1. The minimum Gasteiger partial charge on any atom is -0.367 e. The number of nitrogens with one attached hydrogen (secondary N) is 1. The van der Waals surface area contributed by atoms with Crippen LogP contribution in [0.4, 0.5) is 11.1 Å².